The third-order valence-corrected chi connectivity index (χ3v) is 1.86. The fraction of sp³-hybridized carbons (Fsp3) is 0.500. The first-order chi connectivity index (χ1) is 8.74. The Morgan fingerprint density at radius 2 is 1.67 bits per heavy atom. The largest absolute Gasteiger partial charge is 0.486 e. The predicted octanol–water partition coefficient (Wildman–Crippen LogP) is 2.67. The molecule has 0 aromatic heterocycles. The molecule has 0 unspecified atom stereocenters. The minimum atomic E-state index is -0.0370. The lowest BCUT2D eigenvalue weighted by molar-refractivity contribution is -0.123. The van der Waals surface area contributed by atoms with Gasteiger partial charge in [0, 0.05) is 13.2 Å². The third kappa shape index (κ3) is 9.81. The molecule has 0 heterocycles. The van der Waals surface area contributed by atoms with E-state index in [-0.39, 0.29) is 12.9 Å². The summed E-state index contributed by atoms with van der Waals surface area (Å²) in [6.45, 7) is 7.38. The molecular weight excluding hydrogens is 232 g/mol. The molecule has 18 heavy (non-hydrogen) atoms. The van der Waals surface area contributed by atoms with Gasteiger partial charge < -0.3 is 14.2 Å². The summed E-state index contributed by atoms with van der Waals surface area (Å²) in [5.41, 5.74) is 0. The molecule has 0 saturated carbocycles. The molecular formula is C14H22O4. The van der Waals surface area contributed by atoms with Gasteiger partial charge in [-0.2, -0.15) is 0 Å². The SMILES string of the molecule is CCOC(C)OCC.O=CCOc1ccccc1. The minimum Gasteiger partial charge on any atom is -0.486 e. The van der Waals surface area contributed by atoms with Gasteiger partial charge in [0.2, 0.25) is 0 Å². The summed E-state index contributed by atoms with van der Waals surface area (Å²) in [6.07, 6.45) is 0.692. The number of hydrogen-bond donors (Lipinski definition) is 0. The molecule has 0 saturated heterocycles. The third-order valence-electron chi connectivity index (χ3n) is 1.86. The van der Waals surface area contributed by atoms with E-state index >= 15 is 0 Å². The van der Waals surface area contributed by atoms with E-state index in [1.165, 1.54) is 0 Å². The fourth-order valence-electron chi connectivity index (χ4n) is 1.16. The molecule has 102 valence electrons. The Labute approximate surface area is 109 Å². The lowest BCUT2D eigenvalue weighted by Crippen LogP contribution is -2.11. The topological polar surface area (TPSA) is 44.8 Å². The maximum Gasteiger partial charge on any atom is 0.157 e. The van der Waals surface area contributed by atoms with Crippen molar-refractivity contribution in [2.24, 2.45) is 0 Å². The van der Waals surface area contributed by atoms with Crippen molar-refractivity contribution < 1.29 is 19.0 Å². The number of carbonyl (C=O) groups excluding carboxylic acids is 1. The van der Waals surface area contributed by atoms with E-state index in [0.29, 0.717) is 0 Å². The van der Waals surface area contributed by atoms with E-state index in [0.717, 1.165) is 25.2 Å². The number of para-hydroxylation sites is 1. The van der Waals surface area contributed by atoms with Crippen LogP contribution >= 0.6 is 0 Å². The molecule has 4 nitrogen and oxygen atoms in total. The van der Waals surface area contributed by atoms with E-state index in [2.05, 4.69) is 0 Å². The Kier molecular flexibility index (Phi) is 11.1. The van der Waals surface area contributed by atoms with Crippen LogP contribution in [0.15, 0.2) is 30.3 Å². The van der Waals surface area contributed by atoms with Crippen LogP contribution in [0.4, 0.5) is 0 Å². The maximum atomic E-state index is 9.85. The molecule has 0 spiro atoms. The van der Waals surface area contributed by atoms with Crippen LogP contribution < -0.4 is 4.74 Å². The second-order valence-electron chi connectivity index (χ2n) is 3.27. The van der Waals surface area contributed by atoms with Crippen LogP contribution in [0.1, 0.15) is 20.8 Å². The van der Waals surface area contributed by atoms with Crippen molar-refractivity contribution >= 4 is 6.29 Å². The van der Waals surface area contributed by atoms with Crippen LogP contribution in [0.3, 0.4) is 0 Å². The summed E-state index contributed by atoms with van der Waals surface area (Å²) < 4.78 is 15.1. The molecule has 1 rings (SSSR count). The molecule has 1 aromatic rings. The standard InChI is InChI=1S/C8H8O2.C6H14O2/c9-6-7-10-8-4-2-1-3-5-8;1-4-7-6(3)8-5-2/h1-6H,7H2;6H,4-5H2,1-3H3. The molecule has 0 aliphatic carbocycles. The van der Waals surface area contributed by atoms with Gasteiger partial charge in [-0.3, -0.25) is 4.79 Å². The van der Waals surface area contributed by atoms with E-state index in [4.69, 9.17) is 14.2 Å². The van der Waals surface area contributed by atoms with Gasteiger partial charge >= 0.3 is 0 Å². The van der Waals surface area contributed by atoms with Gasteiger partial charge in [-0.05, 0) is 32.9 Å². The average Bonchev–Trinajstić information content (AvgIpc) is 2.39. The summed E-state index contributed by atoms with van der Waals surface area (Å²) in [7, 11) is 0. The van der Waals surface area contributed by atoms with Crippen molar-refractivity contribution in [1.82, 2.24) is 0 Å². The van der Waals surface area contributed by atoms with Gasteiger partial charge in [0.1, 0.15) is 12.4 Å². The smallest absolute Gasteiger partial charge is 0.157 e. The van der Waals surface area contributed by atoms with Gasteiger partial charge in [-0.25, -0.2) is 0 Å². The summed E-state index contributed by atoms with van der Waals surface area (Å²) in [5, 5.41) is 0. The number of carbonyl (C=O) groups is 1. The molecule has 0 atom stereocenters. The Balaban J connectivity index is 0.000000331. The maximum absolute atomic E-state index is 9.85. The number of ether oxygens (including phenoxy) is 3. The minimum absolute atomic E-state index is 0.0370. The number of aldehydes is 1. The van der Waals surface area contributed by atoms with E-state index < -0.39 is 0 Å². The van der Waals surface area contributed by atoms with E-state index in [1.807, 2.05) is 51.1 Å². The van der Waals surface area contributed by atoms with Gasteiger partial charge in [0.25, 0.3) is 0 Å². The number of rotatable bonds is 7. The lowest BCUT2D eigenvalue weighted by atomic mass is 10.3. The van der Waals surface area contributed by atoms with Gasteiger partial charge in [-0.15, -0.1) is 0 Å². The Bertz CT molecular complexity index is 281. The number of hydrogen-bond acceptors (Lipinski definition) is 4. The van der Waals surface area contributed by atoms with Crippen LogP contribution in [0.2, 0.25) is 0 Å². The van der Waals surface area contributed by atoms with Gasteiger partial charge in [0.15, 0.2) is 12.6 Å². The van der Waals surface area contributed by atoms with Crippen LogP contribution in [-0.2, 0) is 14.3 Å². The molecule has 0 amide bonds. The molecule has 1 aromatic carbocycles. The van der Waals surface area contributed by atoms with Crippen molar-refractivity contribution in [2.75, 3.05) is 19.8 Å². The molecule has 0 radical (unpaired) electrons. The lowest BCUT2D eigenvalue weighted by Gasteiger charge is -2.09. The van der Waals surface area contributed by atoms with E-state index in [1.54, 1.807) is 0 Å². The zero-order valence-corrected chi connectivity index (χ0v) is 11.3. The Morgan fingerprint density at radius 1 is 1.11 bits per heavy atom. The van der Waals surface area contributed by atoms with Gasteiger partial charge in [-0.1, -0.05) is 18.2 Å². The monoisotopic (exact) mass is 254 g/mol. The first-order valence-corrected chi connectivity index (χ1v) is 6.09. The predicted molar refractivity (Wildman–Crippen MR) is 70.7 cm³/mol. The zero-order chi connectivity index (χ0) is 13.6. The van der Waals surface area contributed by atoms with Crippen molar-refractivity contribution in [3.05, 3.63) is 30.3 Å². The fourth-order valence-corrected chi connectivity index (χ4v) is 1.16. The summed E-state index contributed by atoms with van der Waals surface area (Å²) in [5.74, 6) is 0.731. The van der Waals surface area contributed by atoms with E-state index in [9.17, 15) is 4.79 Å². The summed E-state index contributed by atoms with van der Waals surface area (Å²) in [4.78, 5) is 9.85. The highest BCUT2D eigenvalue weighted by atomic mass is 16.7. The highest BCUT2D eigenvalue weighted by molar-refractivity contribution is 5.51. The van der Waals surface area contributed by atoms with Crippen molar-refractivity contribution in [3.8, 4) is 5.75 Å². The molecule has 0 fully saturated rings. The molecule has 0 aliphatic heterocycles. The summed E-state index contributed by atoms with van der Waals surface area (Å²) >= 11 is 0. The normalized spacial score (nSPS) is 9.56. The zero-order valence-electron chi connectivity index (χ0n) is 11.3. The second-order valence-corrected chi connectivity index (χ2v) is 3.27. The van der Waals surface area contributed by atoms with Crippen molar-refractivity contribution in [3.63, 3.8) is 0 Å². The van der Waals surface area contributed by atoms with Crippen molar-refractivity contribution in [1.29, 1.82) is 0 Å². The van der Waals surface area contributed by atoms with Crippen LogP contribution in [0.25, 0.3) is 0 Å². The molecule has 0 bridgehead atoms. The molecule has 4 heteroatoms. The quantitative estimate of drug-likeness (QED) is 0.554. The summed E-state index contributed by atoms with van der Waals surface area (Å²) in [6, 6.07) is 9.24. The van der Waals surface area contributed by atoms with Crippen LogP contribution in [0.5, 0.6) is 5.75 Å². The van der Waals surface area contributed by atoms with Gasteiger partial charge in [0.05, 0.1) is 0 Å². The van der Waals surface area contributed by atoms with Crippen LogP contribution in [-0.4, -0.2) is 32.4 Å². The van der Waals surface area contributed by atoms with Crippen molar-refractivity contribution in [2.45, 2.75) is 27.1 Å². The number of benzene rings is 1. The first kappa shape index (κ1) is 16.6. The Morgan fingerprint density at radius 3 is 2.11 bits per heavy atom. The highest BCUT2D eigenvalue weighted by Gasteiger charge is 1.94. The Hall–Kier alpha value is -1.39. The average molecular weight is 254 g/mol. The highest BCUT2D eigenvalue weighted by Crippen LogP contribution is 2.06. The molecule has 0 N–H and O–H groups in total. The molecule has 0 aliphatic rings. The first-order valence-electron chi connectivity index (χ1n) is 6.09. The van der Waals surface area contributed by atoms with Crippen LogP contribution in [0, 0.1) is 0 Å². The second kappa shape index (κ2) is 12.1.